The van der Waals surface area contributed by atoms with E-state index in [9.17, 15) is 0 Å². The zero-order valence-corrected chi connectivity index (χ0v) is 23.1. The molecule has 2 aliphatic carbocycles. The molecule has 8 rings (SSSR count). The van der Waals surface area contributed by atoms with Crippen molar-refractivity contribution in [2.24, 2.45) is 5.92 Å². The van der Waals surface area contributed by atoms with Crippen LogP contribution >= 0.6 is 0 Å². The fourth-order valence-corrected chi connectivity index (χ4v) is 6.48. The molecule has 0 N–H and O–H groups in total. The molecule has 0 radical (unpaired) electrons. The van der Waals surface area contributed by atoms with Crippen LogP contribution < -0.4 is 4.90 Å². The molecule has 2 nitrogen and oxygen atoms in total. The first-order chi connectivity index (χ1) is 20.8. The summed E-state index contributed by atoms with van der Waals surface area (Å²) in [6.45, 7) is 0. The number of rotatable bonds is 5. The number of anilines is 3. The average molecular weight is 540 g/mol. The van der Waals surface area contributed by atoms with E-state index in [1.165, 1.54) is 27.6 Å². The molecule has 200 valence electrons. The lowest BCUT2D eigenvalue weighted by Crippen LogP contribution is -2.17. The lowest BCUT2D eigenvalue weighted by atomic mass is 9.73. The van der Waals surface area contributed by atoms with Crippen LogP contribution in [-0.4, -0.2) is 0 Å². The Morgan fingerprint density at radius 3 is 1.76 bits per heavy atom. The largest absolute Gasteiger partial charge is 0.459 e. The molecule has 2 atom stereocenters. The number of benzene rings is 5. The van der Waals surface area contributed by atoms with Gasteiger partial charge in [0.1, 0.15) is 11.3 Å². The Labute approximate surface area is 246 Å². The lowest BCUT2D eigenvalue weighted by Gasteiger charge is -2.30. The van der Waals surface area contributed by atoms with E-state index in [1.807, 2.05) is 0 Å². The summed E-state index contributed by atoms with van der Waals surface area (Å²) in [7, 11) is 0. The number of allylic oxidation sites excluding steroid dienone is 5. The maximum atomic E-state index is 6.74. The highest BCUT2D eigenvalue weighted by atomic mass is 16.3. The number of hydrogen-bond donors (Lipinski definition) is 0. The Hall–Kier alpha value is -5.34. The highest BCUT2D eigenvalue weighted by molar-refractivity contribution is 6.02. The van der Waals surface area contributed by atoms with Gasteiger partial charge in [-0.2, -0.15) is 0 Å². The second kappa shape index (κ2) is 10.2. The van der Waals surface area contributed by atoms with Gasteiger partial charge < -0.3 is 9.32 Å². The maximum Gasteiger partial charge on any atom is 0.142 e. The third-order valence-electron chi connectivity index (χ3n) is 8.45. The Balaban J connectivity index is 1.24. The van der Waals surface area contributed by atoms with Gasteiger partial charge in [-0.25, -0.2) is 0 Å². The van der Waals surface area contributed by atoms with Crippen LogP contribution in [0.5, 0.6) is 0 Å². The van der Waals surface area contributed by atoms with Gasteiger partial charge in [0, 0.05) is 45.4 Å². The van der Waals surface area contributed by atoms with Crippen LogP contribution in [0.25, 0.3) is 33.7 Å². The summed E-state index contributed by atoms with van der Waals surface area (Å²) in [4.78, 5) is 2.30. The average Bonchev–Trinajstić information content (AvgIpc) is 3.45. The second-order valence-electron chi connectivity index (χ2n) is 10.9. The predicted octanol–water partition coefficient (Wildman–Crippen LogP) is 10.9. The van der Waals surface area contributed by atoms with Crippen LogP contribution in [0.3, 0.4) is 0 Å². The van der Waals surface area contributed by atoms with Crippen molar-refractivity contribution in [2.45, 2.75) is 5.92 Å². The molecular formula is C40H29NO. The van der Waals surface area contributed by atoms with Crippen molar-refractivity contribution < 1.29 is 4.42 Å². The molecule has 0 amide bonds. The third kappa shape index (κ3) is 4.12. The number of para-hydroxylation sites is 3. The Morgan fingerprint density at radius 1 is 0.500 bits per heavy atom. The Morgan fingerprint density at radius 2 is 1.10 bits per heavy atom. The monoisotopic (exact) mass is 539 g/mol. The molecule has 0 aliphatic heterocycles. The van der Waals surface area contributed by atoms with Gasteiger partial charge in [-0.3, -0.25) is 0 Å². The number of hydrogen-bond acceptors (Lipinski definition) is 2. The minimum Gasteiger partial charge on any atom is -0.459 e. The van der Waals surface area contributed by atoms with E-state index in [-0.39, 0.29) is 11.8 Å². The topological polar surface area (TPSA) is 16.4 Å². The van der Waals surface area contributed by atoms with E-state index in [0.717, 1.165) is 34.0 Å². The summed E-state index contributed by atoms with van der Waals surface area (Å²) < 4.78 is 6.74. The number of furan rings is 1. The van der Waals surface area contributed by atoms with Gasteiger partial charge in [-0.1, -0.05) is 121 Å². The van der Waals surface area contributed by atoms with Gasteiger partial charge in [0.25, 0.3) is 0 Å². The van der Waals surface area contributed by atoms with Crippen molar-refractivity contribution >= 4 is 39.7 Å². The van der Waals surface area contributed by atoms with Crippen LogP contribution in [0.4, 0.5) is 17.1 Å². The van der Waals surface area contributed by atoms with Crippen molar-refractivity contribution in [3.8, 4) is 11.1 Å². The van der Waals surface area contributed by atoms with Gasteiger partial charge in [0.2, 0.25) is 0 Å². The molecule has 0 saturated heterocycles. The quantitative estimate of drug-likeness (QED) is 0.217. The molecule has 0 spiro atoms. The molecule has 5 aromatic carbocycles. The zero-order chi connectivity index (χ0) is 27.9. The first kappa shape index (κ1) is 24.5. The van der Waals surface area contributed by atoms with Gasteiger partial charge in [-0.05, 0) is 59.2 Å². The van der Waals surface area contributed by atoms with Crippen molar-refractivity contribution in [1.29, 1.82) is 0 Å². The maximum absolute atomic E-state index is 6.74. The van der Waals surface area contributed by atoms with Crippen LogP contribution in [0.2, 0.25) is 0 Å². The molecule has 0 saturated carbocycles. The minimum absolute atomic E-state index is 0.158. The summed E-state index contributed by atoms with van der Waals surface area (Å²) in [5, 5.41) is 1.17. The molecular weight excluding hydrogens is 510 g/mol. The normalized spacial score (nSPS) is 17.0. The molecule has 6 aromatic rings. The van der Waals surface area contributed by atoms with Crippen LogP contribution in [0.1, 0.15) is 22.8 Å². The smallest absolute Gasteiger partial charge is 0.142 e. The van der Waals surface area contributed by atoms with Gasteiger partial charge in [-0.15, -0.1) is 0 Å². The van der Waals surface area contributed by atoms with E-state index < -0.39 is 0 Å². The van der Waals surface area contributed by atoms with Crippen molar-refractivity contribution in [3.63, 3.8) is 0 Å². The molecule has 1 heterocycles. The predicted molar refractivity (Wildman–Crippen MR) is 175 cm³/mol. The van der Waals surface area contributed by atoms with E-state index >= 15 is 0 Å². The third-order valence-corrected chi connectivity index (χ3v) is 8.45. The van der Waals surface area contributed by atoms with E-state index in [2.05, 4.69) is 169 Å². The lowest BCUT2D eigenvalue weighted by molar-refractivity contribution is 0.497. The van der Waals surface area contributed by atoms with E-state index in [0.29, 0.717) is 0 Å². The van der Waals surface area contributed by atoms with Crippen LogP contribution in [-0.2, 0) is 0 Å². The molecule has 2 unspecified atom stereocenters. The first-order valence-corrected chi connectivity index (χ1v) is 14.5. The number of fused-ring (bicyclic) bond motifs is 5. The summed E-state index contributed by atoms with van der Waals surface area (Å²) in [5.74, 6) is 1.43. The summed E-state index contributed by atoms with van der Waals surface area (Å²) in [5.41, 5.74) is 10.4. The van der Waals surface area contributed by atoms with Gasteiger partial charge >= 0.3 is 0 Å². The summed E-state index contributed by atoms with van der Waals surface area (Å²) in [6, 6.07) is 47.2. The molecule has 2 heteroatoms. The molecule has 0 bridgehead atoms. The van der Waals surface area contributed by atoms with Crippen molar-refractivity contribution in [2.75, 3.05) is 4.90 Å². The zero-order valence-electron chi connectivity index (χ0n) is 23.1. The van der Waals surface area contributed by atoms with Crippen molar-refractivity contribution in [1.82, 2.24) is 0 Å². The SMILES string of the molecule is C1=CC2C(c3ccc(N(c4ccccc4)c4ccccc4)cc3)=Cc3c(oc4c(-c5ccccc5)cccc34)C2C=C1. The minimum atomic E-state index is 0.158. The highest BCUT2D eigenvalue weighted by Crippen LogP contribution is 2.50. The number of nitrogens with zero attached hydrogens (tertiary/aromatic N) is 1. The molecule has 42 heavy (non-hydrogen) atoms. The Bertz CT molecular complexity index is 1920. The van der Waals surface area contributed by atoms with E-state index in [4.69, 9.17) is 4.42 Å². The van der Waals surface area contributed by atoms with Gasteiger partial charge in [0.05, 0.1) is 0 Å². The molecule has 0 fully saturated rings. The highest BCUT2D eigenvalue weighted by Gasteiger charge is 2.34. The summed E-state index contributed by atoms with van der Waals surface area (Å²) in [6.07, 6.45) is 11.3. The molecule has 1 aromatic heterocycles. The first-order valence-electron chi connectivity index (χ1n) is 14.5. The molecule has 2 aliphatic rings. The second-order valence-corrected chi connectivity index (χ2v) is 10.9. The fraction of sp³-hybridized carbons (Fsp3) is 0.0500. The fourth-order valence-electron chi connectivity index (χ4n) is 6.48. The van der Waals surface area contributed by atoms with Crippen LogP contribution in [0, 0.1) is 5.92 Å². The van der Waals surface area contributed by atoms with Crippen molar-refractivity contribution in [3.05, 3.63) is 175 Å². The Kier molecular flexibility index (Phi) is 5.97. The standard InChI is InChI=1S/C40H29NO/c1-4-13-28(14-5-1)33-21-12-22-36-38-27-37(34-19-10-11-20-35(34)40(38)42-39(33)36)29-23-25-32(26-24-29)41(30-15-6-2-7-16-30)31-17-8-3-9-18-31/h1-27,34-35H. The summed E-state index contributed by atoms with van der Waals surface area (Å²) >= 11 is 0. The van der Waals surface area contributed by atoms with Crippen LogP contribution in [0.15, 0.2) is 162 Å². The van der Waals surface area contributed by atoms with Gasteiger partial charge in [0.15, 0.2) is 0 Å². The van der Waals surface area contributed by atoms with E-state index in [1.54, 1.807) is 0 Å².